The van der Waals surface area contributed by atoms with Gasteiger partial charge in [0.2, 0.25) is 0 Å². The lowest BCUT2D eigenvalue weighted by atomic mass is 10.2. The smallest absolute Gasteiger partial charge is 0.279 e. The molecule has 7 heteroatoms. The van der Waals surface area contributed by atoms with Gasteiger partial charge in [0, 0.05) is 20.1 Å². The van der Waals surface area contributed by atoms with Crippen LogP contribution in [0.1, 0.15) is 20.3 Å². The summed E-state index contributed by atoms with van der Waals surface area (Å²) in [5, 5.41) is 3.18. The summed E-state index contributed by atoms with van der Waals surface area (Å²) in [7, 11) is -1.70. The first-order valence-electron chi connectivity index (χ1n) is 6.34. The molecule has 0 amide bonds. The average molecular weight is 297 g/mol. The van der Waals surface area contributed by atoms with Gasteiger partial charge in [0.05, 0.1) is 0 Å². The zero-order chi connectivity index (χ0) is 14.0. The van der Waals surface area contributed by atoms with Crippen molar-refractivity contribution in [1.82, 2.24) is 14.3 Å². The zero-order valence-corrected chi connectivity index (χ0v) is 13.5. The molecule has 18 heavy (non-hydrogen) atoms. The van der Waals surface area contributed by atoms with E-state index < -0.39 is 10.2 Å². The lowest BCUT2D eigenvalue weighted by molar-refractivity contribution is 0.441. The van der Waals surface area contributed by atoms with E-state index in [2.05, 4.69) is 10.0 Å². The Kier molecular flexibility index (Phi) is 10.1. The van der Waals surface area contributed by atoms with Gasteiger partial charge in [-0.1, -0.05) is 13.8 Å². The monoisotopic (exact) mass is 297 g/mol. The van der Waals surface area contributed by atoms with Crippen LogP contribution in [0.15, 0.2) is 0 Å². The van der Waals surface area contributed by atoms with Crippen LogP contribution in [-0.2, 0) is 10.2 Å². The predicted octanol–water partition coefficient (Wildman–Crippen LogP) is 0.751. The summed E-state index contributed by atoms with van der Waals surface area (Å²) in [6, 6.07) is 0. The van der Waals surface area contributed by atoms with Gasteiger partial charge in [-0.3, -0.25) is 0 Å². The molecule has 0 aromatic carbocycles. The van der Waals surface area contributed by atoms with Crippen LogP contribution in [0.25, 0.3) is 0 Å². The molecule has 110 valence electrons. The van der Waals surface area contributed by atoms with Crippen molar-refractivity contribution >= 4 is 22.0 Å². The van der Waals surface area contributed by atoms with Gasteiger partial charge >= 0.3 is 0 Å². The molecule has 0 aliphatic carbocycles. The third kappa shape index (κ3) is 8.31. The molecule has 0 spiro atoms. The first kappa shape index (κ1) is 18.2. The molecular formula is C11H27N3O2S2. The van der Waals surface area contributed by atoms with Gasteiger partial charge in [0.1, 0.15) is 0 Å². The van der Waals surface area contributed by atoms with Crippen LogP contribution in [0.3, 0.4) is 0 Å². The molecule has 0 heterocycles. The van der Waals surface area contributed by atoms with E-state index in [1.54, 1.807) is 18.8 Å². The summed E-state index contributed by atoms with van der Waals surface area (Å²) >= 11 is 1.73. The van der Waals surface area contributed by atoms with E-state index in [1.165, 1.54) is 4.31 Å². The van der Waals surface area contributed by atoms with Crippen LogP contribution >= 0.6 is 11.8 Å². The number of nitrogens with zero attached hydrogens (tertiary/aromatic N) is 1. The van der Waals surface area contributed by atoms with E-state index >= 15 is 0 Å². The van der Waals surface area contributed by atoms with Gasteiger partial charge in [-0.05, 0) is 37.4 Å². The Bertz CT molecular complexity index is 297. The second-order valence-corrected chi connectivity index (χ2v) is 7.22. The molecule has 0 aliphatic heterocycles. The minimum atomic E-state index is -3.31. The summed E-state index contributed by atoms with van der Waals surface area (Å²) < 4.78 is 27.8. The van der Waals surface area contributed by atoms with Crippen molar-refractivity contribution in [2.24, 2.45) is 5.92 Å². The third-order valence-electron chi connectivity index (χ3n) is 2.55. The maximum Gasteiger partial charge on any atom is 0.279 e. The van der Waals surface area contributed by atoms with E-state index in [9.17, 15) is 8.42 Å². The predicted molar refractivity (Wildman–Crippen MR) is 80.3 cm³/mol. The van der Waals surface area contributed by atoms with E-state index in [0.29, 0.717) is 19.0 Å². The highest BCUT2D eigenvalue weighted by molar-refractivity contribution is 7.98. The van der Waals surface area contributed by atoms with Gasteiger partial charge in [-0.25, -0.2) is 4.72 Å². The second-order valence-electron chi connectivity index (χ2n) is 4.44. The summed E-state index contributed by atoms with van der Waals surface area (Å²) in [4.78, 5) is 0. The minimum absolute atomic E-state index is 0.352. The Morgan fingerprint density at radius 1 is 1.39 bits per heavy atom. The quantitative estimate of drug-likeness (QED) is 0.553. The van der Waals surface area contributed by atoms with Crippen molar-refractivity contribution in [3.63, 3.8) is 0 Å². The van der Waals surface area contributed by atoms with E-state index in [-0.39, 0.29) is 0 Å². The van der Waals surface area contributed by atoms with Crippen LogP contribution in [0.4, 0.5) is 0 Å². The number of thioether (sulfide) groups is 1. The highest BCUT2D eigenvalue weighted by atomic mass is 32.2. The highest BCUT2D eigenvalue weighted by Crippen LogP contribution is 2.04. The van der Waals surface area contributed by atoms with Crippen molar-refractivity contribution in [2.75, 3.05) is 45.2 Å². The standard InChI is InChI=1S/C11H27N3O2S2/c1-5-12-7-6-8-14(3)18(15,16)13-9-11(2)10-17-4/h11-13H,5-10H2,1-4H3. The fraction of sp³-hybridized carbons (Fsp3) is 1.00. The summed E-state index contributed by atoms with van der Waals surface area (Å²) in [6.45, 7) is 6.89. The molecule has 0 rings (SSSR count). The molecule has 0 radical (unpaired) electrons. The molecule has 0 aromatic heterocycles. The third-order valence-corrected chi connectivity index (χ3v) is 4.99. The topological polar surface area (TPSA) is 61.4 Å². The second kappa shape index (κ2) is 10.0. The molecule has 1 atom stereocenters. The SMILES string of the molecule is CCNCCCN(C)S(=O)(=O)NCC(C)CSC. The molecule has 0 saturated carbocycles. The first-order chi connectivity index (χ1) is 8.44. The number of nitrogens with one attached hydrogen (secondary N) is 2. The van der Waals surface area contributed by atoms with Gasteiger partial charge in [-0.15, -0.1) is 0 Å². The summed E-state index contributed by atoms with van der Waals surface area (Å²) in [5.41, 5.74) is 0. The van der Waals surface area contributed by atoms with Crippen molar-refractivity contribution in [1.29, 1.82) is 0 Å². The lowest BCUT2D eigenvalue weighted by Crippen LogP contribution is -2.41. The number of hydrogen-bond donors (Lipinski definition) is 2. The molecule has 2 N–H and O–H groups in total. The largest absolute Gasteiger partial charge is 0.317 e. The van der Waals surface area contributed by atoms with E-state index in [4.69, 9.17) is 0 Å². The number of rotatable bonds is 11. The molecule has 0 fully saturated rings. The molecular weight excluding hydrogens is 270 g/mol. The maximum atomic E-state index is 11.9. The van der Waals surface area contributed by atoms with E-state index in [0.717, 1.165) is 25.3 Å². The Balaban J connectivity index is 3.95. The Morgan fingerprint density at radius 3 is 2.61 bits per heavy atom. The van der Waals surface area contributed by atoms with Crippen molar-refractivity contribution in [3.05, 3.63) is 0 Å². The van der Waals surface area contributed by atoms with Gasteiger partial charge < -0.3 is 5.32 Å². The molecule has 0 bridgehead atoms. The van der Waals surface area contributed by atoms with Crippen LogP contribution < -0.4 is 10.0 Å². The first-order valence-corrected chi connectivity index (χ1v) is 9.18. The fourth-order valence-electron chi connectivity index (χ4n) is 1.42. The zero-order valence-electron chi connectivity index (χ0n) is 11.9. The van der Waals surface area contributed by atoms with Crippen LogP contribution in [0.5, 0.6) is 0 Å². The Morgan fingerprint density at radius 2 is 2.06 bits per heavy atom. The highest BCUT2D eigenvalue weighted by Gasteiger charge is 2.17. The molecule has 0 aliphatic rings. The summed E-state index contributed by atoms with van der Waals surface area (Å²) in [5.74, 6) is 1.32. The van der Waals surface area contributed by atoms with E-state index in [1.807, 2.05) is 20.1 Å². The van der Waals surface area contributed by atoms with Crippen LogP contribution in [0.2, 0.25) is 0 Å². The number of hydrogen-bond acceptors (Lipinski definition) is 4. The molecule has 0 saturated heterocycles. The van der Waals surface area contributed by atoms with Crippen LogP contribution in [-0.4, -0.2) is 58.0 Å². The average Bonchev–Trinajstić information content (AvgIpc) is 2.32. The minimum Gasteiger partial charge on any atom is -0.317 e. The van der Waals surface area contributed by atoms with Gasteiger partial charge in [0.25, 0.3) is 10.2 Å². The fourth-order valence-corrected chi connectivity index (χ4v) is 3.20. The lowest BCUT2D eigenvalue weighted by Gasteiger charge is -2.19. The van der Waals surface area contributed by atoms with Crippen molar-refractivity contribution in [3.8, 4) is 0 Å². The van der Waals surface area contributed by atoms with Crippen LogP contribution in [0, 0.1) is 5.92 Å². The molecule has 5 nitrogen and oxygen atoms in total. The molecule has 1 unspecified atom stereocenters. The van der Waals surface area contributed by atoms with Crippen molar-refractivity contribution in [2.45, 2.75) is 20.3 Å². The Hall–Kier alpha value is 0.180. The van der Waals surface area contributed by atoms with Gasteiger partial charge in [0.15, 0.2) is 0 Å². The maximum absolute atomic E-state index is 11.9. The van der Waals surface area contributed by atoms with Gasteiger partial charge in [-0.2, -0.15) is 24.5 Å². The Labute approximate surface area is 116 Å². The summed E-state index contributed by atoms with van der Waals surface area (Å²) in [6.07, 6.45) is 2.85. The normalized spacial score (nSPS) is 14.1. The molecule has 0 aromatic rings. The van der Waals surface area contributed by atoms with Crippen molar-refractivity contribution < 1.29 is 8.42 Å².